The van der Waals surface area contributed by atoms with Gasteiger partial charge in [0.25, 0.3) is 5.56 Å². The minimum Gasteiger partial charge on any atom is -0.448 e. The Kier molecular flexibility index (Phi) is 4.41. The summed E-state index contributed by atoms with van der Waals surface area (Å²) in [5, 5.41) is 4.27. The van der Waals surface area contributed by atoms with E-state index in [4.69, 9.17) is 16.0 Å². The van der Waals surface area contributed by atoms with E-state index in [1.54, 1.807) is 18.2 Å². The summed E-state index contributed by atoms with van der Waals surface area (Å²) < 4.78 is 6.87. The lowest BCUT2D eigenvalue weighted by atomic mass is 10.1. The van der Waals surface area contributed by atoms with Crippen LogP contribution in [-0.2, 0) is 11.3 Å². The predicted octanol–water partition coefficient (Wildman–Crippen LogP) is 3.67. The molecule has 4 aromatic rings. The van der Waals surface area contributed by atoms with Gasteiger partial charge >= 0.3 is 0 Å². The predicted molar refractivity (Wildman–Crippen MR) is 104 cm³/mol. The number of benzene rings is 2. The van der Waals surface area contributed by atoms with Crippen molar-refractivity contribution in [1.29, 1.82) is 0 Å². The molecule has 7 heteroatoms. The fourth-order valence-electron chi connectivity index (χ4n) is 3.00. The Balaban J connectivity index is 1.56. The van der Waals surface area contributed by atoms with E-state index in [1.165, 1.54) is 10.9 Å². The molecule has 0 aliphatic rings. The number of amides is 1. The number of aromatic nitrogens is 2. The van der Waals surface area contributed by atoms with Crippen LogP contribution in [0.3, 0.4) is 0 Å². The quantitative estimate of drug-likeness (QED) is 0.585. The molecule has 1 unspecified atom stereocenters. The minimum absolute atomic E-state index is 0.142. The maximum Gasteiger partial charge on any atom is 0.297 e. The van der Waals surface area contributed by atoms with Gasteiger partial charge in [-0.3, -0.25) is 14.2 Å². The van der Waals surface area contributed by atoms with Gasteiger partial charge in [0.1, 0.15) is 17.6 Å². The van der Waals surface area contributed by atoms with Crippen LogP contribution in [0.1, 0.15) is 18.5 Å². The molecule has 2 aromatic carbocycles. The second kappa shape index (κ2) is 6.89. The number of nitrogens with one attached hydrogen (secondary N) is 1. The molecule has 0 radical (unpaired) electrons. The molecule has 2 aromatic heterocycles. The normalized spacial score (nSPS) is 12.4. The molecular formula is C20H16ClN3O3. The number of nitrogens with zero attached hydrogens (tertiary/aromatic N) is 2. The molecular weight excluding hydrogens is 366 g/mol. The largest absolute Gasteiger partial charge is 0.448 e. The number of furan rings is 1. The summed E-state index contributed by atoms with van der Waals surface area (Å²) in [4.78, 5) is 29.3. The van der Waals surface area contributed by atoms with Gasteiger partial charge in [-0.2, -0.15) is 0 Å². The lowest BCUT2D eigenvalue weighted by Crippen LogP contribution is -2.33. The fourth-order valence-corrected chi connectivity index (χ4v) is 3.13. The first-order valence-corrected chi connectivity index (χ1v) is 8.82. The number of halogens is 1. The molecule has 6 nitrogen and oxygen atoms in total. The topological polar surface area (TPSA) is 77.1 Å². The van der Waals surface area contributed by atoms with Crippen molar-refractivity contribution in [2.24, 2.45) is 0 Å². The van der Waals surface area contributed by atoms with Gasteiger partial charge in [-0.1, -0.05) is 35.9 Å². The number of hydrogen-bond acceptors (Lipinski definition) is 4. The molecule has 0 aliphatic heterocycles. The van der Waals surface area contributed by atoms with E-state index in [9.17, 15) is 9.59 Å². The number of carbonyl (C=O) groups excluding carboxylic acids is 1. The van der Waals surface area contributed by atoms with Crippen LogP contribution in [-0.4, -0.2) is 15.5 Å². The van der Waals surface area contributed by atoms with E-state index in [1.807, 2.05) is 37.3 Å². The molecule has 4 rings (SSSR count). The third-order valence-electron chi connectivity index (χ3n) is 4.41. The molecule has 136 valence electrons. The SMILES string of the molecule is CC(NC(=O)Cn1cnc2c(oc3ccccc32)c1=O)c1ccc(Cl)cc1. The average Bonchev–Trinajstić information content (AvgIpc) is 3.04. The summed E-state index contributed by atoms with van der Waals surface area (Å²) in [6.07, 6.45) is 1.37. The van der Waals surface area contributed by atoms with Crippen LogP contribution in [0.5, 0.6) is 0 Å². The number of carbonyl (C=O) groups is 1. The van der Waals surface area contributed by atoms with Crippen LogP contribution in [0.25, 0.3) is 22.1 Å². The zero-order valence-electron chi connectivity index (χ0n) is 14.5. The second-order valence-electron chi connectivity index (χ2n) is 6.29. The van der Waals surface area contributed by atoms with E-state index >= 15 is 0 Å². The lowest BCUT2D eigenvalue weighted by Gasteiger charge is -2.15. The maximum absolute atomic E-state index is 12.7. The van der Waals surface area contributed by atoms with Gasteiger partial charge in [0, 0.05) is 10.4 Å². The van der Waals surface area contributed by atoms with Crippen molar-refractivity contribution in [2.75, 3.05) is 0 Å². The second-order valence-corrected chi connectivity index (χ2v) is 6.73. The summed E-state index contributed by atoms with van der Waals surface area (Å²) in [7, 11) is 0. The minimum atomic E-state index is -0.384. The van der Waals surface area contributed by atoms with Crippen LogP contribution in [0.15, 0.2) is 64.1 Å². The van der Waals surface area contributed by atoms with Gasteiger partial charge in [0.05, 0.1) is 12.4 Å². The standard InChI is InChI=1S/C20H16ClN3O3/c1-12(13-6-8-14(21)9-7-13)23-17(25)10-24-11-22-18-15-4-2-3-5-16(15)27-19(18)20(24)26/h2-9,11-12H,10H2,1H3,(H,23,25). The van der Waals surface area contributed by atoms with Crippen LogP contribution in [0.4, 0.5) is 0 Å². The molecule has 2 heterocycles. The van der Waals surface area contributed by atoms with Gasteiger partial charge in [-0.15, -0.1) is 0 Å². The molecule has 1 N–H and O–H groups in total. The van der Waals surface area contributed by atoms with Crippen molar-refractivity contribution < 1.29 is 9.21 Å². The Hall–Kier alpha value is -3.12. The summed E-state index contributed by atoms with van der Waals surface area (Å²) in [5.41, 5.74) is 1.78. The molecule has 0 saturated carbocycles. The van der Waals surface area contributed by atoms with Crippen molar-refractivity contribution in [3.8, 4) is 0 Å². The Labute approximate surface area is 159 Å². The van der Waals surface area contributed by atoms with Crippen LogP contribution >= 0.6 is 11.6 Å². The molecule has 0 bridgehead atoms. The Morgan fingerprint density at radius 2 is 1.96 bits per heavy atom. The van der Waals surface area contributed by atoms with Crippen molar-refractivity contribution >= 4 is 39.6 Å². The summed E-state index contributed by atoms with van der Waals surface area (Å²) >= 11 is 5.88. The van der Waals surface area contributed by atoms with Crippen LogP contribution in [0, 0.1) is 0 Å². The van der Waals surface area contributed by atoms with Crippen LogP contribution < -0.4 is 10.9 Å². The van der Waals surface area contributed by atoms with Gasteiger partial charge in [0.15, 0.2) is 0 Å². The number of hydrogen-bond donors (Lipinski definition) is 1. The molecule has 1 amide bonds. The van der Waals surface area contributed by atoms with Gasteiger partial charge < -0.3 is 9.73 Å². The van der Waals surface area contributed by atoms with E-state index < -0.39 is 0 Å². The van der Waals surface area contributed by atoms with E-state index in [2.05, 4.69) is 10.3 Å². The van der Waals surface area contributed by atoms with Gasteiger partial charge in [0.2, 0.25) is 11.5 Å². The van der Waals surface area contributed by atoms with Gasteiger partial charge in [-0.05, 0) is 36.8 Å². The third kappa shape index (κ3) is 3.31. The fraction of sp³-hybridized carbons (Fsp3) is 0.150. The third-order valence-corrected chi connectivity index (χ3v) is 4.66. The molecule has 27 heavy (non-hydrogen) atoms. The smallest absolute Gasteiger partial charge is 0.297 e. The summed E-state index contributed by atoms with van der Waals surface area (Å²) in [5.74, 6) is -0.295. The highest BCUT2D eigenvalue weighted by Crippen LogP contribution is 2.24. The van der Waals surface area contributed by atoms with Crippen molar-refractivity contribution in [1.82, 2.24) is 14.9 Å². The zero-order chi connectivity index (χ0) is 19.0. The monoisotopic (exact) mass is 381 g/mol. The zero-order valence-corrected chi connectivity index (χ0v) is 15.2. The molecule has 0 saturated heterocycles. The average molecular weight is 382 g/mol. The number of fused-ring (bicyclic) bond motifs is 3. The maximum atomic E-state index is 12.7. The van der Waals surface area contributed by atoms with E-state index in [0.29, 0.717) is 16.1 Å². The Morgan fingerprint density at radius 3 is 2.74 bits per heavy atom. The number of para-hydroxylation sites is 1. The summed E-state index contributed by atoms with van der Waals surface area (Å²) in [6, 6.07) is 14.3. The number of rotatable bonds is 4. The molecule has 0 spiro atoms. The van der Waals surface area contributed by atoms with Gasteiger partial charge in [-0.25, -0.2) is 4.98 Å². The van der Waals surface area contributed by atoms with Crippen LogP contribution in [0.2, 0.25) is 5.02 Å². The Bertz CT molecular complexity index is 1190. The molecule has 0 aliphatic carbocycles. The Morgan fingerprint density at radius 1 is 1.22 bits per heavy atom. The highest BCUT2D eigenvalue weighted by atomic mass is 35.5. The first kappa shape index (κ1) is 17.3. The van der Waals surface area contributed by atoms with E-state index in [0.717, 1.165) is 10.9 Å². The van der Waals surface area contributed by atoms with Crippen molar-refractivity contribution in [3.05, 3.63) is 75.8 Å². The lowest BCUT2D eigenvalue weighted by molar-refractivity contribution is -0.122. The highest BCUT2D eigenvalue weighted by molar-refractivity contribution is 6.30. The molecule has 0 fully saturated rings. The van der Waals surface area contributed by atoms with Crippen molar-refractivity contribution in [2.45, 2.75) is 19.5 Å². The first-order chi connectivity index (χ1) is 13.0. The summed E-state index contributed by atoms with van der Waals surface area (Å²) in [6.45, 7) is 1.72. The molecule has 1 atom stereocenters. The highest BCUT2D eigenvalue weighted by Gasteiger charge is 2.15. The van der Waals surface area contributed by atoms with Crippen molar-refractivity contribution in [3.63, 3.8) is 0 Å². The van der Waals surface area contributed by atoms with E-state index in [-0.39, 0.29) is 29.6 Å². The first-order valence-electron chi connectivity index (χ1n) is 8.44.